The largest absolute Gasteiger partial charge is 0.341 e. The Morgan fingerprint density at radius 3 is 2.50 bits per heavy atom. The van der Waals surface area contributed by atoms with Crippen LogP contribution in [0.2, 0.25) is 0 Å². The molecule has 1 aromatic rings. The van der Waals surface area contributed by atoms with Crippen LogP contribution in [0.5, 0.6) is 0 Å². The highest BCUT2D eigenvalue weighted by atomic mass is 79.9. The van der Waals surface area contributed by atoms with Gasteiger partial charge in [-0.3, -0.25) is 19.1 Å². The molecule has 0 unspecified atom stereocenters. The molecule has 8 heteroatoms. The maximum atomic E-state index is 12.4. The van der Waals surface area contributed by atoms with Crippen LogP contribution >= 0.6 is 15.9 Å². The number of rotatable bonds is 2. The number of nitrogens with one attached hydrogen (secondary N) is 2. The molecule has 0 bridgehead atoms. The molecular formula is C14H19BrN4O3. The Bertz CT molecular complexity index is 669. The van der Waals surface area contributed by atoms with Gasteiger partial charge < -0.3 is 10.2 Å². The molecule has 3 heterocycles. The fraction of sp³-hybridized carbons (Fsp3) is 0.643. The Balaban J connectivity index is 1.68. The summed E-state index contributed by atoms with van der Waals surface area (Å²) >= 11 is 3.08. The number of H-pyrrole nitrogens is 1. The van der Waals surface area contributed by atoms with Crippen molar-refractivity contribution >= 4 is 21.8 Å². The summed E-state index contributed by atoms with van der Waals surface area (Å²) in [6, 6.07) is 0. The van der Waals surface area contributed by atoms with Crippen LogP contribution in [0, 0.1) is 11.8 Å². The molecule has 3 rings (SSSR count). The van der Waals surface area contributed by atoms with E-state index in [-0.39, 0.29) is 16.9 Å². The van der Waals surface area contributed by atoms with Crippen LogP contribution in [0.1, 0.15) is 12.8 Å². The molecule has 1 amide bonds. The van der Waals surface area contributed by atoms with Crippen molar-refractivity contribution in [1.82, 2.24) is 19.8 Å². The van der Waals surface area contributed by atoms with Gasteiger partial charge in [0.2, 0.25) is 5.91 Å². The first-order chi connectivity index (χ1) is 10.5. The molecule has 0 spiro atoms. The first-order valence-corrected chi connectivity index (χ1v) is 8.31. The quantitative estimate of drug-likeness (QED) is 0.751. The average Bonchev–Trinajstić information content (AvgIpc) is 2.83. The summed E-state index contributed by atoms with van der Waals surface area (Å²) in [6.45, 7) is 3.52. The fourth-order valence-electron chi connectivity index (χ4n) is 3.31. The number of nitrogens with zero attached hydrogens (tertiary/aromatic N) is 2. The van der Waals surface area contributed by atoms with Crippen LogP contribution in [-0.4, -0.2) is 46.5 Å². The molecule has 22 heavy (non-hydrogen) atoms. The molecule has 2 atom stereocenters. The second kappa shape index (κ2) is 6.37. The summed E-state index contributed by atoms with van der Waals surface area (Å²) in [5.41, 5.74) is -1.04. The van der Waals surface area contributed by atoms with Gasteiger partial charge >= 0.3 is 5.69 Å². The molecule has 2 aliphatic rings. The molecule has 0 aromatic carbocycles. The Morgan fingerprint density at radius 2 is 1.86 bits per heavy atom. The number of aromatic amines is 1. The number of hydrogen-bond acceptors (Lipinski definition) is 4. The van der Waals surface area contributed by atoms with E-state index in [1.165, 1.54) is 10.8 Å². The third-order valence-corrected chi connectivity index (χ3v) is 5.21. The normalized spacial score (nSPS) is 24.9. The SMILES string of the molecule is O=C(Cn1cc(Br)c(=O)[nH]c1=O)N1CC[C@@H]2CNC[C@@H]2CC1. The fourth-order valence-corrected chi connectivity index (χ4v) is 3.66. The van der Waals surface area contributed by atoms with Gasteiger partial charge in [0.15, 0.2) is 0 Å². The highest BCUT2D eigenvalue weighted by molar-refractivity contribution is 9.10. The first kappa shape index (κ1) is 15.5. The smallest absolute Gasteiger partial charge is 0.328 e. The van der Waals surface area contributed by atoms with Gasteiger partial charge in [0.25, 0.3) is 5.56 Å². The van der Waals surface area contributed by atoms with Crippen molar-refractivity contribution in [2.75, 3.05) is 26.2 Å². The van der Waals surface area contributed by atoms with E-state index >= 15 is 0 Å². The predicted octanol–water partition coefficient (Wildman–Crippen LogP) is -0.243. The number of fused-ring (bicyclic) bond motifs is 1. The first-order valence-electron chi connectivity index (χ1n) is 7.52. The maximum Gasteiger partial charge on any atom is 0.328 e. The van der Waals surface area contributed by atoms with Gasteiger partial charge in [0.05, 0.1) is 4.47 Å². The summed E-state index contributed by atoms with van der Waals surface area (Å²) < 4.78 is 1.48. The standard InChI is InChI=1S/C14H19BrN4O3/c15-11-7-19(14(22)17-13(11)21)8-12(20)18-3-1-9-5-16-6-10(9)2-4-18/h7,9-10,16H,1-6,8H2,(H,17,21,22)/t9-,10+. The second-order valence-corrected chi connectivity index (χ2v) is 6.86. The zero-order valence-corrected chi connectivity index (χ0v) is 13.8. The monoisotopic (exact) mass is 370 g/mol. The van der Waals surface area contributed by atoms with E-state index in [1.807, 2.05) is 4.90 Å². The van der Waals surface area contributed by atoms with Crippen molar-refractivity contribution < 1.29 is 4.79 Å². The second-order valence-electron chi connectivity index (χ2n) is 6.00. The van der Waals surface area contributed by atoms with Gasteiger partial charge in [-0.2, -0.15) is 0 Å². The van der Waals surface area contributed by atoms with Gasteiger partial charge in [-0.25, -0.2) is 4.79 Å². The van der Waals surface area contributed by atoms with E-state index in [0.717, 1.165) is 39.0 Å². The highest BCUT2D eigenvalue weighted by Crippen LogP contribution is 2.27. The van der Waals surface area contributed by atoms with Crippen LogP contribution in [0.15, 0.2) is 20.3 Å². The molecule has 2 N–H and O–H groups in total. The Kier molecular flexibility index (Phi) is 4.49. The number of hydrogen-bond donors (Lipinski definition) is 2. The number of likely N-dealkylation sites (tertiary alicyclic amines) is 1. The summed E-state index contributed by atoms with van der Waals surface area (Å²) in [6.07, 6.45) is 3.39. The lowest BCUT2D eigenvalue weighted by molar-refractivity contribution is -0.131. The summed E-state index contributed by atoms with van der Waals surface area (Å²) in [7, 11) is 0. The minimum atomic E-state index is -0.558. The lowest BCUT2D eigenvalue weighted by atomic mass is 9.92. The van der Waals surface area contributed by atoms with Crippen molar-refractivity contribution in [1.29, 1.82) is 0 Å². The maximum absolute atomic E-state index is 12.4. The van der Waals surface area contributed by atoms with Gasteiger partial charge in [0, 0.05) is 19.3 Å². The zero-order valence-electron chi connectivity index (χ0n) is 12.2. The Hall–Kier alpha value is -1.41. The highest BCUT2D eigenvalue weighted by Gasteiger charge is 2.31. The van der Waals surface area contributed by atoms with Crippen LogP contribution < -0.4 is 16.6 Å². The van der Waals surface area contributed by atoms with E-state index in [9.17, 15) is 14.4 Å². The van der Waals surface area contributed by atoms with Gasteiger partial charge in [0.1, 0.15) is 6.54 Å². The summed E-state index contributed by atoms with van der Waals surface area (Å²) in [5, 5.41) is 3.41. The molecule has 0 radical (unpaired) electrons. The minimum absolute atomic E-state index is 0.0399. The molecule has 1 aromatic heterocycles. The lowest BCUT2D eigenvalue weighted by Gasteiger charge is -2.21. The Labute approximate surface area is 135 Å². The number of carbonyl (C=O) groups excluding carboxylic acids is 1. The lowest BCUT2D eigenvalue weighted by Crippen LogP contribution is -2.39. The molecule has 0 aliphatic carbocycles. The van der Waals surface area contributed by atoms with Crippen LogP contribution in [0.4, 0.5) is 0 Å². The summed E-state index contributed by atoms with van der Waals surface area (Å²) in [4.78, 5) is 39.5. The average molecular weight is 371 g/mol. The van der Waals surface area contributed by atoms with Gasteiger partial charge in [-0.1, -0.05) is 0 Å². The van der Waals surface area contributed by atoms with E-state index < -0.39 is 11.2 Å². The number of amides is 1. The Morgan fingerprint density at radius 1 is 1.23 bits per heavy atom. The third kappa shape index (κ3) is 3.17. The van der Waals surface area contributed by atoms with Crippen LogP contribution in [-0.2, 0) is 11.3 Å². The minimum Gasteiger partial charge on any atom is -0.341 e. The number of halogens is 1. The van der Waals surface area contributed by atoms with Crippen molar-refractivity contribution in [2.45, 2.75) is 19.4 Å². The number of carbonyl (C=O) groups is 1. The van der Waals surface area contributed by atoms with Gasteiger partial charge in [-0.05, 0) is 53.7 Å². The zero-order chi connectivity index (χ0) is 15.7. The van der Waals surface area contributed by atoms with Gasteiger partial charge in [-0.15, -0.1) is 0 Å². The van der Waals surface area contributed by atoms with E-state index in [4.69, 9.17) is 0 Å². The number of aromatic nitrogens is 2. The summed E-state index contributed by atoms with van der Waals surface area (Å²) in [5.74, 6) is 1.24. The molecule has 120 valence electrons. The molecule has 0 saturated carbocycles. The molecule has 2 fully saturated rings. The molecule has 7 nitrogen and oxygen atoms in total. The topological polar surface area (TPSA) is 87.2 Å². The molecule has 2 saturated heterocycles. The molecular weight excluding hydrogens is 352 g/mol. The van der Waals surface area contributed by atoms with E-state index in [2.05, 4.69) is 26.2 Å². The van der Waals surface area contributed by atoms with Crippen LogP contribution in [0.25, 0.3) is 0 Å². The van der Waals surface area contributed by atoms with Crippen molar-refractivity contribution in [3.63, 3.8) is 0 Å². The van der Waals surface area contributed by atoms with Crippen molar-refractivity contribution in [3.8, 4) is 0 Å². The predicted molar refractivity (Wildman–Crippen MR) is 84.7 cm³/mol. The van der Waals surface area contributed by atoms with E-state index in [0.29, 0.717) is 11.8 Å². The molecule has 2 aliphatic heterocycles. The van der Waals surface area contributed by atoms with Crippen LogP contribution in [0.3, 0.4) is 0 Å². The third-order valence-electron chi connectivity index (χ3n) is 4.65. The van der Waals surface area contributed by atoms with Crippen molar-refractivity contribution in [2.24, 2.45) is 11.8 Å². The van der Waals surface area contributed by atoms with E-state index in [1.54, 1.807) is 0 Å². The van der Waals surface area contributed by atoms with Crippen molar-refractivity contribution in [3.05, 3.63) is 31.5 Å².